The van der Waals surface area contributed by atoms with Gasteiger partial charge < -0.3 is 19.4 Å². The Hall–Kier alpha value is -2.50. The predicted molar refractivity (Wildman–Crippen MR) is 87.6 cm³/mol. The first-order valence-corrected chi connectivity index (χ1v) is 7.47. The number of hydrogen-bond donors (Lipinski definition) is 1. The summed E-state index contributed by atoms with van der Waals surface area (Å²) in [5.74, 6) is 1.87. The lowest BCUT2D eigenvalue weighted by Gasteiger charge is -2.21. The number of aryl methyl sites for hydroxylation is 1. The van der Waals surface area contributed by atoms with Gasteiger partial charge in [-0.3, -0.25) is 4.79 Å². The van der Waals surface area contributed by atoms with Crippen LogP contribution in [0.4, 0.5) is 0 Å². The molecule has 6 nitrogen and oxygen atoms in total. The van der Waals surface area contributed by atoms with Crippen LogP contribution in [0.25, 0.3) is 0 Å². The summed E-state index contributed by atoms with van der Waals surface area (Å²) in [5.41, 5.74) is 0.881. The maximum Gasteiger partial charge on any atom is 0.223 e. The first-order chi connectivity index (χ1) is 11.0. The average Bonchev–Trinajstić information content (AvgIpc) is 2.97. The molecule has 1 unspecified atom stereocenters. The lowest BCUT2D eigenvalue weighted by molar-refractivity contribution is -0.124. The maximum absolute atomic E-state index is 12.2. The molecule has 0 radical (unpaired) electrons. The molecule has 1 aromatic heterocycles. The predicted octanol–water partition coefficient (Wildman–Crippen LogP) is 2.30. The molecule has 0 fully saturated rings. The van der Waals surface area contributed by atoms with Crippen molar-refractivity contribution in [1.29, 1.82) is 0 Å². The Morgan fingerprint density at radius 3 is 2.43 bits per heavy atom. The van der Waals surface area contributed by atoms with Gasteiger partial charge >= 0.3 is 0 Å². The maximum atomic E-state index is 12.2. The molecule has 2 rings (SSSR count). The van der Waals surface area contributed by atoms with Gasteiger partial charge in [-0.25, -0.2) is 4.98 Å². The van der Waals surface area contributed by atoms with E-state index in [9.17, 15) is 4.79 Å². The Bertz CT molecular complexity index is 679. The van der Waals surface area contributed by atoms with Gasteiger partial charge in [-0.15, -0.1) is 0 Å². The summed E-state index contributed by atoms with van der Waals surface area (Å²) >= 11 is 0. The van der Waals surface area contributed by atoms with Crippen molar-refractivity contribution in [3.8, 4) is 11.5 Å². The van der Waals surface area contributed by atoms with Crippen molar-refractivity contribution in [3.05, 3.63) is 42.0 Å². The lowest BCUT2D eigenvalue weighted by Crippen LogP contribution is -2.33. The van der Waals surface area contributed by atoms with Gasteiger partial charge in [-0.05, 0) is 17.7 Å². The molecule has 0 bridgehead atoms. The number of imidazole rings is 1. The van der Waals surface area contributed by atoms with Gasteiger partial charge in [0.2, 0.25) is 5.91 Å². The van der Waals surface area contributed by atoms with Crippen LogP contribution in [0.1, 0.15) is 31.3 Å². The van der Waals surface area contributed by atoms with E-state index in [4.69, 9.17) is 9.47 Å². The minimum atomic E-state index is -0.357. The fraction of sp³-hybridized carbons (Fsp3) is 0.412. The van der Waals surface area contributed by atoms with Crippen molar-refractivity contribution in [3.63, 3.8) is 0 Å². The van der Waals surface area contributed by atoms with Crippen LogP contribution in [0.2, 0.25) is 0 Å². The second-order valence-electron chi connectivity index (χ2n) is 5.61. The van der Waals surface area contributed by atoms with E-state index < -0.39 is 0 Å². The van der Waals surface area contributed by atoms with E-state index >= 15 is 0 Å². The van der Waals surface area contributed by atoms with E-state index in [1.54, 1.807) is 20.4 Å². The van der Waals surface area contributed by atoms with E-state index in [1.165, 1.54) is 0 Å². The van der Waals surface area contributed by atoms with Crippen LogP contribution in [-0.4, -0.2) is 29.7 Å². The third kappa shape index (κ3) is 3.64. The van der Waals surface area contributed by atoms with Gasteiger partial charge in [0.1, 0.15) is 11.9 Å². The number of nitrogens with zero attached hydrogens (tertiary/aromatic N) is 2. The highest BCUT2D eigenvalue weighted by molar-refractivity contribution is 5.78. The molecule has 0 spiro atoms. The van der Waals surface area contributed by atoms with Crippen molar-refractivity contribution >= 4 is 5.91 Å². The van der Waals surface area contributed by atoms with Crippen LogP contribution in [0.3, 0.4) is 0 Å². The third-order valence-corrected chi connectivity index (χ3v) is 3.67. The number of amides is 1. The van der Waals surface area contributed by atoms with Crippen molar-refractivity contribution in [1.82, 2.24) is 14.9 Å². The van der Waals surface area contributed by atoms with Crippen molar-refractivity contribution in [2.75, 3.05) is 14.2 Å². The number of carbonyl (C=O) groups is 1. The molecule has 1 atom stereocenters. The van der Waals surface area contributed by atoms with Crippen LogP contribution < -0.4 is 14.8 Å². The lowest BCUT2D eigenvalue weighted by atomic mass is 10.0. The smallest absolute Gasteiger partial charge is 0.223 e. The standard InChI is InChI=1S/C17H23N3O3/c1-11(2)17(21)19-15(16-18-8-9-20(16)3)12-6-7-13(22-4)14(10-12)23-5/h6-11,15H,1-5H3,(H,19,21). The highest BCUT2D eigenvalue weighted by Crippen LogP contribution is 2.31. The number of aromatic nitrogens is 2. The first-order valence-electron chi connectivity index (χ1n) is 7.47. The van der Waals surface area contributed by atoms with E-state index in [-0.39, 0.29) is 17.9 Å². The zero-order valence-corrected chi connectivity index (χ0v) is 14.2. The molecule has 2 aromatic rings. The summed E-state index contributed by atoms with van der Waals surface area (Å²) in [6, 6.07) is 5.23. The molecule has 23 heavy (non-hydrogen) atoms. The summed E-state index contributed by atoms with van der Waals surface area (Å²) in [6.07, 6.45) is 3.56. The number of benzene rings is 1. The number of nitrogens with one attached hydrogen (secondary N) is 1. The van der Waals surface area contributed by atoms with Crippen molar-refractivity contribution in [2.24, 2.45) is 13.0 Å². The Balaban J connectivity index is 2.45. The van der Waals surface area contributed by atoms with Crippen LogP contribution >= 0.6 is 0 Å². The Kier molecular flexibility index (Phi) is 5.26. The zero-order valence-electron chi connectivity index (χ0n) is 14.2. The van der Waals surface area contributed by atoms with Gasteiger partial charge in [0.15, 0.2) is 11.5 Å². The number of hydrogen-bond acceptors (Lipinski definition) is 4. The van der Waals surface area contributed by atoms with Gasteiger partial charge in [0, 0.05) is 25.4 Å². The molecule has 124 valence electrons. The third-order valence-electron chi connectivity index (χ3n) is 3.67. The summed E-state index contributed by atoms with van der Waals surface area (Å²) in [5, 5.41) is 3.05. The van der Waals surface area contributed by atoms with Crippen LogP contribution in [-0.2, 0) is 11.8 Å². The minimum Gasteiger partial charge on any atom is -0.493 e. The van der Waals surface area contributed by atoms with Crippen LogP contribution in [0.15, 0.2) is 30.6 Å². The fourth-order valence-electron chi connectivity index (χ4n) is 2.29. The highest BCUT2D eigenvalue weighted by atomic mass is 16.5. The summed E-state index contributed by atoms with van der Waals surface area (Å²) in [4.78, 5) is 16.6. The summed E-state index contributed by atoms with van der Waals surface area (Å²) in [6.45, 7) is 3.72. The fourth-order valence-corrected chi connectivity index (χ4v) is 2.29. The van der Waals surface area contributed by atoms with E-state index in [1.807, 2.05) is 49.9 Å². The highest BCUT2D eigenvalue weighted by Gasteiger charge is 2.23. The van der Waals surface area contributed by atoms with E-state index in [2.05, 4.69) is 10.3 Å². The average molecular weight is 317 g/mol. The second-order valence-corrected chi connectivity index (χ2v) is 5.61. The zero-order chi connectivity index (χ0) is 17.0. The Morgan fingerprint density at radius 1 is 1.22 bits per heavy atom. The molecule has 0 saturated heterocycles. The van der Waals surface area contributed by atoms with Gasteiger partial charge in [0.25, 0.3) is 0 Å². The first kappa shape index (κ1) is 16.9. The monoisotopic (exact) mass is 317 g/mol. The number of methoxy groups -OCH3 is 2. The van der Waals surface area contributed by atoms with Gasteiger partial charge in [-0.2, -0.15) is 0 Å². The van der Waals surface area contributed by atoms with Crippen LogP contribution in [0.5, 0.6) is 11.5 Å². The molecule has 1 N–H and O–H groups in total. The molecule has 1 amide bonds. The number of carbonyl (C=O) groups excluding carboxylic acids is 1. The summed E-state index contributed by atoms with van der Waals surface area (Å²) in [7, 11) is 5.08. The molecule has 0 aliphatic carbocycles. The minimum absolute atomic E-state index is 0.0345. The molecule has 6 heteroatoms. The van der Waals surface area contributed by atoms with E-state index in [0.717, 1.165) is 11.4 Å². The molecule has 0 aliphatic heterocycles. The van der Waals surface area contributed by atoms with Gasteiger partial charge in [0.05, 0.1) is 14.2 Å². The van der Waals surface area contributed by atoms with Crippen LogP contribution in [0, 0.1) is 5.92 Å². The Morgan fingerprint density at radius 2 is 1.91 bits per heavy atom. The molecule has 1 aromatic carbocycles. The molecule has 0 saturated carbocycles. The number of ether oxygens (including phenoxy) is 2. The quantitative estimate of drug-likeness (QED) is 0.888. The SMILES string of the molecule is COc1ccc(C(NC(=O)C(C)C)c2nccn2C)cc1OC. The number of rotatable bonds is 6. The summed E-state index contributed by atoms with van der Waals surface area (Å²) < 4.78 is 12.5. The second kappa shape index (κ2) is 7.17. The largest absolute Gasteiger partial charge is 0.493 e. The molecule has 0 aliphatic rings. The molecule has 1 heterocycles. The van der Waals surface area contributed by atoms with E-state index in [0.29, 0.717) is 11.5 Å². The molecular formula is C17H23N3O3. The van der Waals surface area contributed by atoms with Crippen molar-refractivity contribution in [2.45, 2.75) is 19.9 Å². The topological polar surface area (TPSA) is 65.4 Å². The normalized spacial score (nSPS) is 12.1. The van der Waals surface area contributed by atoms with Crippen molar-refractivity contribution < 1.29 is 14.3 Å². The Labute approximate surface area is 136 Å². The molecular weight excluding hydrogens is 294 g/mol. The van der Waals surface area contributed by atoms with Gasteiger partial charge in [-0.1, -0.05) is 19.9 Å².